The third kappa shape index (κ3) is 2.69. The molecule has 24 heavy (non-hydrogen) atoms. The van der Waals surface area contributed by atoms with Crippen LogP contribution in [0.4, 0.5) is 0 Å². The summed E-state index contributed by atoms with van der Waals surface area (Å²) in [4.78, 5) is 0. The van der Waals surface area contributed by atoms with Crippen LogP contribution in [0.5, 0.6) is 0 Å². The molecule has 0 N–H and O–H groups in total. The lowest BCUT2D eigenvalue weighted by Gasteiger charge is -2.09. The molecule has 0 heterocycles. The molecular formula is C24H22. The zero-order valence-corrected chi connectivity index (χ0v) is 14.3. The Morgan fingerprint density at radius 3 is 1.96 bits per heavy atom. The minimum Gasteiger partial charge on any atom is -0.0651 e. The number of rotatable bonds is 3. The summed E-state index contributed by atoms with van der Waals surface area (Å²) in [6.45, 7) is 4.36. The van der Waals surface area contributed by atoms with Gasteiger partial charge < -0.3 is 0 Å². The Kier molecular flexibility index (Phi) is 3.82. The molecule has 0 fully saturated rings. The number of hydrogen-bond acceptors (Lipinski definition) is 0. The zero-order valence-electron chi connectivity index (χ0n) is 14.3. The van der Waals surface area contributed by atoms with Crippen molar-refractivity contribution in [1.82, 2.24) is 0 Å². The highest BCUT2D eigenvalue weighted by molar-refractivity contribution is 6.08. The van der Waals surface area contributed by atoms with E-state index in [1.165, 1.54) is 50.2 Å². The molecule has 4 aromatic carbocycles. The maximum Gasteiger partial charge on any atom is -0.0105 e. The normalized spacial score (nSPS) is 11.2. The first kappa shape index (κ1) is 15.0. The predicted octanol–water partition coefficient (Wildman–Crippen LogP) is 6.92. The van der Waals surface area contributed by atoms with Gasteiger partial charge in [0.2, 0.25) is 0 Å². The lowest BCUT2D eigenvalue weighted by Crippen LogP contribution is -1.85. The van der Waals surface area contributed by atoms with E-state index in [4.69, 9.17) is 0 Å². The smallest absolute Gasteiger partial charge is 0.0105 e. The molecule has 0 saturated carbocycles. The Labute approximate surface area is 143 Å². The van der Waals surface area contributed by atoms with Crippen molar-refractivity contribution >= 4 is 21.5 Å². The van der Waals surface area contributed by atoms with Crippen molar-refractivity contribution in [3.63, 3.8) is 0 Å². The highest BCUT2D eigenvalue weighted by Crippen LogP contribution is 2.30. The Bertz CT molecular complexity index is 1010. The van der Waals surface area contributed by atoms with E-state index in [1.54, 1.807) is 0 Å². The molecule has 0 aliphatic heterocycles. The molecule has 0 amide bonds. The summed E-state index contributed by atoms with van der Waals surface area (Å²) >= 11 is 0. The standard InChI is InChI=1S/C24H22/c1-3-4-18-7-13-23-21(15-18)10-11-22-16-20(12-14-24(22)23)19-8-5-17(2)6-9-19/h5-16H,3-4H2,1-2H3. The van der Waals surface area contributed by atoms with Gasteiger partial charge in [-0.15, -0.1) is 0 Å². The SMILES string of the molecule is CCCc1ccc2c(ccc3cc(-c4ccc(C)cc4)ccc32)c1. The molecule has 0 nitrogen and oxygen atoms in total. The molecule has 0 saturated heterocycles. The summed E-state index contributed by atoms with van der Waals surface area (Å²) in [6, 6.07) is 27.0. The Hall–Kier alpha value is -2.60. The number of benzene rings is 4. The second kappa shape index (κ2) is 6.13. The van der Waals surface area contributed by atoms with Crippen LogP contribution in [0.25, 0.3) is 32.7 Å². The molecule has 4 rings (SSSR count). The van der Waals surface area contributed by atoms with Gasteiger partial charge in [0.15, 0.2) is 0 Å². The number of fused-ring (bicyclic) bond motifs is 3. The van der Waals surface area contributed by atoms with Crippen LogP contribution in [0, 0.1) is 6.92 Å². The third-order valence-corrected chi connectivity index (χ3v) is 4.82. The van der Waals surface area contributed by atoms with Crippen molar-refractivity contribution in [1.29, 1.82) is 0 Å². The van der Waals surface area contributed by atoms with Crippen molar-refractivity contribution in [3.05, 3.63) is 83.9 Å². The fourth-order valence-electron chi connectivity index (χ4n) is 3.49. The molecule has 4 aromatic rings. The molecule has 0 aromatic heterocycles. The van der Waals surface area contributed by atoms with Crippen molar-refractivity contribution in [2.45, 2.75) is 26.7 Å². The van der Waals surface area contributed by atoms with Crippen LogP contribution in [-0.4, -0.2) is 0 Å². The second-order valence-corrected chi connectivity index (χ2v) is 6.67. The van der Waals surface area contributed by atoms with Gasteiger partial charge in [0.1, 0.15) is 0 Å². The van der Waals surface area contributed by atoms with Crippen molar-refractivity contribution in [2.75, 3.05) is 0 Å². The Morgan fingerprint density at radius 1 is 0.625 bits per heavy atom. The molecule has 0 aliphatic rings. The van der Waals surface area contributed by atoms with E-state index in [0.29, 0.717) is 0 Å². The third-order valence-electron chi connectivity index (χ3n) is 4.82. The topological polar surface area (TPSA) is 0 Å². The fourth-order valence-corrected chi connectivity index (χ4v) is 3.49. The zero-order chi connectivity index (χ0) is 16.5. The monoisotopic (exact) mass is 310 g/mol. The highest BCUT2D eigenvalue weighted by atomic mass is 14.1. The van der Waals surface area contributed by atoms with Gasteiger partial charge in [-0.2, -0.15) is 0 Å². The number of aryl methyl sites for hydroxylation is 2. The quantitative estimate of drug-likeness (QED) is 0.360. The average molecular weight is 310 g/mol. The molecule has 0 radical (unpaired) electrons. The Morgan fingerprint density at radius 2 is 1.25 bits per heavy atom. The first-order valence-corrected chi connectivity index (χ1v) is 8.77. The number of hydrogen-bond donors (Lipinski definition) is 0. The van der Waals surface area contributed by atoms with Gasteiger partial charge in [-0.1, -0.05) is 85.6 Å². The van der Waals surface area contributed by atoms with E-state index in [1.807, 2.05) is 0 Å². The highest BCUT2D eigenvalue weighted by Gasteiger charge is 2.04. The van der Waals surface area contributed by atoms with Crippen molar-refractivity contribution < 1.29 is 0 Å². The first-order chi connectivity index (χ1) is 11.7. The molecule has 0 aliphatic carbocycles. The van der Waals surface area contributed by atoms with Crippen LogP contribution in [0.1, 0.15) is 24.5 Å². The van der Waals surface area contributed by atoms with Gasteiger partial charge in [-0.3, -0.25) is 0 Å². The maximum atomic E-state index is 2.34. The Balaban J connectivity index is 1.84. The van der Waals surface area contributed by atoms with Gasteiger partial charge >= 0.3 is 0 Å². The van der Waals surface area contributed by atoms with Crippen LogP contribution < -0.4 is 0 Å². The maximum absolute atomic E-state index is 2.34. The van der Waals surface area contributed by atoms with E-state index in [0.717, 1.165) is 6.42 Å². The van der Waals surface area contributed by atoms with Crippen LogP contribution >= 0.6 is 0 Å². The van der Waals surface area contributed by atoms with E-state index in [-0.39, 0.29) is 0 Å². The average Bonchev–Trinajstić information content (AvgIpc) is 2.62. The van der Waals surface area contributed by atoms with Crippen LogP contribution in [0.2, 0.25) is 0 Å². The lowest BCUT2D eigenvalue weighted by atomic mass is 9.96. The van der Waals surface area contributed by atoms with Gasteiger partial charge in [0.25, 0.3) is 0 Å². The fraction of sp³-hybridized carbons (Fsp3) is 0.167. The van der Waals surface area contributed by atoms with E-state index >= 15 is 0 Å². The molecule has 0 atom stereocenters. The van der Waals surface area contributed by atoms with Crippen LogP contribution in [0.15, 0.2) is 72.8 Å². The minimum absolute atomic E-state index is 1.15. The van der Waals surface area contributed by atoms with Crippen LogP contribution in [0.3, 0.4) is 0 Å². The van der Waals surface area contributed by atoms with Gasteiger partial charge in [0, 0.05) is 0 Å². The first-order valence-electron chi connectivity index (χ1n) is 8.77. The molecule has 118 valence electrons. The lowest BCUT2D eigenvalue weighted by molar-refractivity contribution is 0.924. The largest absolute Gasteiger partial charge is 0.0651 e. The predicted molar refractivity (Wildman–Crippen MR) is 106 cm³/mol. The minimum atomic E-state index is 1.15. The van der Waals surface area contributed by atoms with E-state index in [9.17, 15) is 0 Å². The second-order valence-electron chi connectivity index (χ2n) is 6.67. The molecule has 0 spiro atoms. The molecule has 0 bridgehead atoms. The summed E-state index contributed by atoms with van der Waals surface area (Å²) in [5.41, 5.74) is 5.29. The van der Waals surface area contributed by atoms with Crippen molar-refractivity contribution in [3.8, 4) is 11.1 Å². The van der Waals surface area contributed by atoms with E-state index < -0.39 is 0 Å². The summed E-state index contributed by atoms with van der Waals surface area (Å²) in [6.07, 6.45) is 2.35. The van der Waals surface area contributed by atoms with Gasteiger partial charge in [-0.25, -0.2) is 0 Å². The molecule has 0 unspecified atom stereocenters. The van der Waals surface area contributed by atoms with Crippen molar-refractivity contribution in [2.24, 2.45) is 0 Å². The summed E-state index contributed by atoms with van der Waals surface area (Å²) in [5, 5.41) is 5.34. The summed E-state index contributed by atoms with van der Waals surface area (Å²) in [5.74, 6) is 0. The molecule has 0 heteroatoms. The molecular weight excluding hydrogens is 288 g/mol. The van der Waals surface area contributed by atoms with Gasteiger partial charge in [0.05, 0.1) is 0 Å². The van der Waals surface area contributed by atoms with E-state index in [2.05, 4.69) is 86.6 Å². The summed E-state index contributed by atoms with van der Waals surface area (Å²) in [7, 11) is 0. The van der Waals surface area contributed by atoms with Crippen LogP contribution in [-0.2, 0) is 6.42 Å². The summed E-state index contributed by atoms with van der Waals surface area (Å²) < 4.78 is 0. The van der Waals surface area contributed by atoms with Gasteiger partial charge in [-0.05, 0) is 57.6 Å².